The summed E-state index contributed by atoms with van der Waals surface area (Å²) >= 11 is 0. The van der Waals surface area contributed by atoms with Crippen molar-refractivity contribution in [1.29, 1.82) is 0 Å². The number of ether oxygens (including phenoxy) is 2. The minimum absolute atomic E-state index is 0.487. The fourth-order valence-corrected chi connectivity index (χ4v) is 1.47. The van der Waals surface area contributed by atoms with Crippen LogP contribution in [0, 0.1) is 0 Å². The molecule has 1 aromatic rings. The van der Waals surface area contributed by atoms with Gasteiger partial charge in [0.2, 0.25) is 0 Å². The van der Waals surface area contributed by atoms with Gasteiger partial charge in [0.05, 0.1) is 13.7 Å². The molecule has 0 heterocycles. The van der Waals surface area contributed by atoms with Gasteiger partial charge in [-0.3, -0.25) is 0 Å². The third-order valence-electron chi connectivity index (χ3n) is 2.32. The molecule has 0 aliphatic heterocycles. The topological polar surface area (TPSA) is 35.1 Å². The van der Waals surface area contributed by atoms with E-state index in [1.54, 1.807) is 14.2 Å². The zero-order valence-electron chi connectivity index (χ0n) is 9.69. The van der Waals surface area contributed by atoms with E-state index in [0.717, 1.165) is 18.9 Å². The average Bonchev–Trinajstić information content (AvgIpc) is 2.27. The Labute approximate surface area is 91.4 Å². The molecule has 3 nitrogen and oxygen atoms in total. The quantitative estimate of drug-likeness (QED) is 0.753. The molecule has 84 valence electrons. The first-order chi connectivity index (χ1) is 7.26. The molecule has 0 fully saturated rings. The Bertz CT molecular complexity index is 289. The second kappa shape index (κ2) is 6.43. The Hall–Kier alpha value is -1.06. The molecule has 0 aliphatic carbocycles. The van der Waals surface area contributed by atoms with Gasteiger partial charge in [-0.2, -0.15) is 0 Å². The highest BCUT2D eigenvalue weighted by Crippen LogP contribution is 2.11. The van der Waals surface area contributed by atoms with Gasteiger partial charge >= 0.3 is 0 Å². The molecule has 2 N–H and O–H groups in total. The molecule has 1 rings (SSSR count). The predicted octanol–water partition coefficient (Wildman–Crippen LogP) is 0.794. The van der Waals surface area contributed by atoms with Crippen molar-refractivity contribution in [2.45, 2.75) is 19.5 Å². The SMILES string of the molecule is COC[C@@H](C)[NH2+]Cc1cccc(OC)c1. The minimum atomic E-state index is 0.487. The molecule has 0 aromatic heterocycles. The van der Waals surface area contributed by atoms with E-state index in [-0.39, 0.29) is 0 Å². The summed E-state index contributed by atoms with van der Waals surface area (Å²) < 4.78 is 10.3. The first kappa shape index (κ1) is 12.0. The zero-order valence-corrected chi connectivity index (χ0v) is 9.69. The van der Waals surface area contributed by atoms with Crippen molar-refractivity contribution >= 4 is 0 Å². The van der Waals surface area contributed by atoms with Crippen molar-refractivity contribution in [3.05, 3.63) is 29.8 Å². The van der Waals surface area contributed by atoms with Crippen molar-refractivity contribution in [2.24, 2.45) is 0 Å². The summed E-state index contributed by atoms with van der Waals surface area (Å²) in [7, 11) is 3.42. The van der Waals surface area contributed by atoms with Crippen LogP contribution in [-0.4, -0.2) is 26.9 Å². The fourth-order valence-electron chi connectivity index (χ4n) is 1.47. The summed E-state index contributed by atoms with van der Waals surface area (Å²) in [6.45, 7) is 3.90. The standard InChI is InChI=1S/C12H19NO2/c1-10(9-14-2)13-8-11-5-4-6-12(7-11)15-3/h4-7,10,13H,8-9H2,1-3H3/p+1/t10-/m1/s1. The molecule has 0 unspecified atom stereocenters. The first-order valence-corrected chi connectivity index (χ1v) is 5.21. The number of nitrogens with two attached hydrogens (primary N) is 1. The van der Waals surface area contributed by atoms with E-state index < -0.39 is 0 Å². The van der Waals surface area contributed by atoms with E-state index in [1.807, 2.05) is 12.1 Å². The normalized spacial score (nSPS) is 12.5. The van der Waals surface area contributed by atoms with Gasteiger partial charge < -0.3 is 14.8 Å². The Morgan fingerprint density at radius 3 is 2.80 bits per heavy atom. The van der Waals surface area contributed by atoms with Crippen LogP contribution in [0.2, 0.25) is 0 Å². The molecule has 0 spiro atoms. The number of benzene rings is 1. The predicted molar refractivity (Wildman–Crippen MR) is 60.0 cm³/mol. The lowest BCUT2D eigenvalue weighted by molar-refractivity contribution is -0.702. The lowest BCUT2D eigenvalue weighted by Gasteiger charge is -2.09. The van der Waals surface area contributed by atoms with Crippen molar-refractivity contribution < 1.29 is 14.8 Å². The molecule has 0 amide bonds. The van der Waals surface area contributed by atoms with Crippen molar-refractivity contribution in [3.8, 4) is 5.75 Å². The molecule has 3 heteroatoms. The van der Waals surface area contributed by atoms with Crippen LogP contribution in [0.4, 0.5) is 0 Å². The van der Waals surface area contributed by atoms with Crippen molar-refractivity contribution in [3.63, 3.8) is 0 Å². The van der Waals surface area contributed by atoms with Crippen LogP contribution in [0.15, 0.2) is 24.3 Å². The van der Waals surface area contributed by atoms with Crippen molar-refractivity contribution in [2.75, 3.05) is 20.8 Å². The van der Waals surface area contributed by atoms with Crippen LogP contribution in [0.1, 0.15) is 12.5 Å². The Kier molecular flexibility index (Phi) is 5.15. The number of methoxy groups -OCH3 is 2. The molecular formula is C12H20NO2+. The second-order valence-corrected chi connectivity index (χ2v) is 3.72. The highest BCUT2D eigenvalue weighted by molar-refractivity contribution is 5.27. The van der Waals surface area contributed by atoms with E-state index in [1.165, 1.54) is 5.56 Å². The van der Waals surface area contributed by atoms with Crippen LogP contribution < -0.4 is 10.1 Å². The minimum Gasteiger partial charge on any atom is -0.497 e. The second-order valence-electron chi connectivity index (χ2n) is 3.72. The Balaban J connectivity index is 2.43. The maximum Gasteiger partial charge on any atom is 0.119 e. The third kappa shape index (κ3) is 4.32. The highest BCUT2D eigenvalue weighted by Gasteiger charge is 2.04. The Morgan fingerprint density at radius 2 is 2.13 bits per heavy atom. The summed E-state index contributed by atoms with van der Waals surface area (Å²) in [4.78, 5) is 0. The van der Waals surface area contributed by atoms with Crippen LogP contribution >= 0.6 is 0 Å². The van der Waals surface area contributed by atoms with Gasteiger partial charge in [0, 0.05) is 12.7 Å². The van der Waals surface area contributed by atoms with Crippen LogP contribution in [0.25, 0.3) is 0 Å². The largest absolute Gasteiger partial charge is 0.497 e. The fraction of sp³-hybridized carbons (Fsp3) is 0.500. The van der Waals surface area contributed by atoms with Gasteiger partial charge in [0.25, 0.3) is 0 Å². The first-order valence-electron chi connectivity index (χ1n) is 5.21. The van der Waals surface area contributed by atoms with E-state index in [2.05, 4.69) is 24.4 Å². The summed E-state index contributed by atoms with van der Waals surface area (Å²) in [5.41, 5.74) is 1.28. The average molecular weight is 210 g/mol. The molecule has 0 saturated carbocycles. The van der Waals surface area contributed by atoms with Gasteiger partial charge in [-0.1, -0.05) is 12.1 Å². The smallest absolute Gasteiger partial charge is 0.119 e. The molecule has 1 aromatic carbocycles. The van der Waals surface area contributed by atoms with E-state index in [9.17, 15) is 0 Å². The molecule has 1 atom stereocenters. The van der Waals surface area contributed by atoms with Crippen LogP contribution in [0.3, 0.4) is 0 Å². The van der Waals surface area contributed by atoms with Crippen molar-refractivity contribution in [1.82, 2.24) is 0 Å². The molecule has 0 bridgehead atoms. The van der Waals surface area contributed by atoms with Gasteiger partial charge in [0.15, 0.2) is 0 Å². The molecular weight excluding hydrogens is 190 g/mol. The molecule has 0 saturated heterocycles. The zero-order chi connectivity index (χ0) is 11.1. The van der Waals surface area contributed by atoms with Gasteiger partial charge in [-0.15, -0.1) is 0 Å². The molecule has 0 radical (unpaired) electrons. The lowest BCUT2D eigenvalue weighted by Crippen LogP contribution is -2.88. The van der Waals surface area contributed by atoms with Gasteiger partial charge in [-0.25, -0.2) is 0 Å². The van der Waals surface area contributed by atoms with Crippen LogP contribution in [-0.2, 0) is 11.3 Å². The lowest BCUT2D eigenvalue weighted by atomic mass is 10.2. The summed E-state index contributed by atoms with van der Waals surface area (Å²) in [5.74, 6) is 0.917. The summed E-state index contributed by atoms with van der Waals surface area (Å²) in [6.07, 6.45) is 0. The van der Waals surface area contributed by atoms with E-state index in [0.29, 0.717) is 6.04 Å². The Morgan fingerprint density at radius 1 is 1.33 bits per heavy atom. The third-order valence-corrected chi connectivity index (χ3v) is 2.32. The maximum atomic E-state index is 5.17. The number of quaternary nitrogens is 1. The maximum absolute atomic E-state index is 5.17. The highest BCUT2D eigenvalue weighted by atomic mass is 16.5. The van der Waals surface area contributed by atoms with Gasteiger partial charge in [-0.05, 0) is 19.1 Å². The molecule has 15 heavy (non-hydrogen) atoms. The number of rotatable bonds is 6. The van der Waals surface area contributed by atoms with E-state index in [4.69, 9.17) is 9.47 Å². The number of hydrogen-bond donors (Lipinski definition) is 1. The molecule has 0 aliphatic rings. The number of hydrogen-bond acceptors (Lipinski definition) is 2. The van der Waals surface area contributed by atoms with Gasteiger partial charge in [0.1, 0.15) is 18.3 Å². The summed E-state index contributed by atoms with van der Waals surface area (Å²) in [6, 6.07) is 8.64. The monoisotopic (exact) mass is 210 g/mol. The van der Waals surface area contributed by atoms with E-state index >= 15 is 0 Å². The summed E-state index contributed by atoms with van der Waals surface area (Å²) in [5, 5.41) is 2.26. The van der Waals surface area contributed by atoms with Crippen LogP contribution in [0.5, 0.6) is 5.75 Å².